The van der Waals surface area contributed by atoms with Crippen molar-refractivity contribution in [3.63, 3.8) is 0 Å². The summed E-state index contributed by atoms with van der Waals surface area (Å²) in [5.41, 5.74) is 10.3. The van der Waals surface area contributed by atoms with E-state index in [1.165, 1.54) is 37.2 Å². The molecule has 1 aliphatic heterocycles. The van der Waals surface area contributed by atoms with Crippen molar-refractivity contribution in [3.05, 3.63) is 64.7 Å². The van der Waals surface area contributed by atoms with Gasteiger partial charge in [-0.1, -0.05) is 23.8 Å². The highest BCUT2D eigenvalue weighted by atomic mass is 19.1. The van der Waals surface area contributed by atoms with Crippen LogP contribution in [-0.2, 0) is 13.2 Å². The van der Waals surface area contributed by atoms with Gasteiger partial charge in [-0.25, -0.2) is 14.4 Å². The third kappa shape index (κ3) is 6.72. The van der Waals surface area contributed by atoms with E-state index in [4.69, 9.17) is 24.6 Å². The number of nitrogens with one attached hydrogen (secondary N) is 1. The van der Waals surface area contributed by atoms with Crippen LogP contribution in [0.5, 0.6) is 17.2 Å². The van der Waals surface area contributed by atoms with Crippen molar-refractivity contribution in [2.24, 2.45) is 5.10 Å². The normalized spacial score (nSPS) is 15.5. The number of piperidine rings is 1. The lowest BCUT2D eigenvalue weighted by Crippen LogP contribution is -2.38. The number of amides is 1. The summed E-state index contributed by atoms with van der Waals surface area (Å²) in [5, 5.41) is 19.8. The summed E-state index contributed by atoms with van der Waals surface area (Å²) in [6, 6.07) is 9.65. The van der Waals surface area contributed by atoms with Crippen LogP contribution < -0.4 is 25.4 Å². The molecule has 1 atom stereocenters. The van der Waals surface area contributed by atoms with E-state index in [2.05, 4.69) is 43.0 Å². The molecule has 1 amide bonds. The lowest BCUT2D eigenvalue weighted by Gasteiger charge is -2.33. The molecule has 0 aliphatic carbocycles. The number of nitrogen functional groups attached to an aromatic ring is 1. The minimum atomic E-state index is -0.574. The number of benzene rings is 2. The van der Waals surface area contributed by atoms with E-state index in [-0.39, 0.29) is 29.8 Å². The Morgan fingerprint density at radius 2 is 1.93 bits per heavy atom. The molecule has 43 heavy (non-hydrogen) atoms. The number of hydrogen-bond acceptors (Lipinski definition) is 12. The summed E-state index contributed by atoms with van der Waals surface area (Å²) in [5.74, 6) is 0.402. The topological polar surface area (TPSA) is 168 Å². The van der Waals surface area contributed by atoms with Gasteiger partial charge >= 0.3 is 0 Å². The number of aromatic nitrogens is 5. The Bertz CT molecular complexity index is 1560. The fraction of sp³-hybridized carbons (Fsp3) is 0.357. The first-order valence-electron chi connectivity index (χ1n) is 13.6. The molecule has 5 rings (SSSR count). The number of nitrogens with zero attached hydrogens (tertiary/aromatic N) is 7. The number of hydrazone groups is 1. The van der Waals surface area contributed by atoms with Crippen LogP contribution in [0, 0.1) is 5.82 Å². The van der Waals surface area contributed by atoms with Crippen LogP contribution in [0.1, 0.15) is 53.5 Å². The zero-order valence-electron chi connectivity index (χ0n) is 24.0. The van der Waals surface area contributed by atoms with E-state index in [0.717, 1.165) is 31.4 Å². The second-order valence-electron chi connectivity index (χ2n) is 9.95. The molecular formula is C28H32FN9O5. The number of anilines is 1. The van der Waals surface area contributed by atoms with Crippen molar-refractivity contribution in [2.75, 3.05) is 26.5 Å². The molecule has 0 radical (unpaired) electrons. The van der Waals surface area contributed by atoms with E-state index in [1.54, 1.807) is 24.3 Å². The molecule has 2 aromatic carbocycles. The van der Waals surface area contributed by atoms with Gasteiger partial charge in [0.1, 0.15) is 12.4 Å². The fourth-order valence-corrected chi connectivity index (χ4v) is 4.78. The second-order valence-corrected chi connectivity index (χ2v) is 9.95. The number of halogens is 1. The quantitative estimate of drug-likeness (QED) is 0.194. The van der Waals surface area contributed by atoms with Crippen LogP contribution in [0.4, 0.5) is 10.2 Å². The molecule has 1 aliphatic rings. The van der Waals surface area contributed by atoms with E-state index in [9.17, 15) is 9.18 Å². The minimum absolute atomic E-state index is 0.0239. The molecule has 14 nitrogen and oxygen atoms in total. The Kier molecular flexibility index (Phi) is 9.10. The lowest BCUT2D eigenvalue weighted by molar-refractivity contribution is 0.0945. The second kappa shape index (κ2) is 13.3. The average Bonchev–Trinajstić information content (AvgIpc) is 3.63. The number of rotatable bonds is 11. The Morgan fingerprint density at radius 1 is 1.19 bits per heavy atom. The van der Waals surface area contributed by atoms with Crippen LogP contribution in [0.3, 0.4) is 0 Å². The van der Waals surface area contributed by atoms with Crippen LogP contribution in [0.25, 0.3) is 5.82 Å². The molecular weight excluding hydrogens is 561 g/mol. The number of ether oxygens (including phenoxy) is 3. The third-order valence-electron chi connectivity index (χ3n) is 7.13. The van der Waals surface area contributed by atoms with Crippen LogP contribution in [0.15, 0.2) is 46.1 Å². The number of nitrogens with two attached hydrogens (primary N) is 1. The first-order chi connectivity index (χ1) is 20.9. The van der Waals surface area contributed by atoms with Crippen LogP contribution >= 0.6 is 0 Å². The highest BCUT2D eigenvalue weighted by molar-refractivity contribution is 5.94. The molecule has 1 saturated heterocycles. The predicted octanol–water partition coefficient (Wildman–Crippen LogP) is 3.11. The van der Waals surface area contributed by atoms with Gasteiger partial charge in [-0.05, 0) is 66.5 Å². The van der Waals surface area contributed by atoms with Gasteiger partial charge in [0, 0.05) is 18.2 Å². The molecule has 2 aromatic heterocycles. The summed E-state index contributed by atoms with van der Waals surface area (Å²) in [6.45, 7) is 3.57. The van der Waals surface area contributed by atoms with Gasteiger partial charge in [-0.3, -0.25) is 9.69 Å². The Hall–Kier alpha value is -5.05. The number of methoxy groups -OCH3 is 2. The van der Waals surface area contributed by atoms with E-state index < -0.39 is 5.91 Å². The van der Waals surface area contributed by atoms with Crippen molar-refractivity contribution in [2.45, 2.75) is 45.4 Å². The maximum atomic E-state index is 13.2. The van der Waals surface area contributed by atoms with Crippen LogP contribution in [-0.4, -0.2) is 69.1 Å². The number of carbonyl (C=O) groups is 1. The largest absolute Gasteiger partial charge is 0.493 e. The molecule has 226 valence electrons. The van der Waals surface area contributed by atoms with E-state index >= 15 is 0 Å². The van der Waals surface area contributed by atoms with E-state index in [1.807, 2.05) is 0 Å². The van der Waals surface area contributed by atoms with Gasteiger partial charge in [0.15, 0.2) is 17.2 Å². The molecule has 0 spiro atoms. The Balaban J connectivity index is 1.34. The molecule has 3 N–H and O–H groups in total. The van der Waals surface area contributed by atoms with Crippen molar-refractivity contribution in [1.29, 1.82) is 0 Å². The summed E-state index contributed by atoms with van der Waals surface area (Å²) in [6.07, 6.45) is 4.68. The molecule has 0 saturated carbocycles. The molecule has 1 fully saturated rings. The number of likely N-dealkylation sites (tertiary alicyclic amines) is 1. The zero-order valence-corrected chi connectivity index (χ0v) is 24.0. The van der Waals surface area contributed by atoms with Gasteiger partial charge in [-0.2, -0.15) is 9.78 Å². The summed E-state index contributed by atoms with van der Waals surface area (Å²) in [4.78, 5) is 15.5. The maximum absolute atomic E-state index is 13.2. The fourth-order valence-electron chi connectivity index (χ4n) is 4.78. The summed E-state index contributed by atoms with van der Waals surface area (Å²) in [7, 11) is 2.99. The summed E-state index contributed by atoms with van der Waals surface area (Å²) >= 11 is 0. The lowest BCUT2D eigenvalue weighted by atomic mass is 10.0. The highest BCUT2D eigenvalue weighted by Crippen LogP contribution is 2.38. The third-order valence-corrected chi connectivity index (χ3v) is 7.13. The first-order valence-corrected chi connectivity index (χ1v) is 13.6. The molecule has 0 unspecified atom stereocenters. The number of carbonyl (C=O) groups excluding carboxylic acids is 1. The van der Waals surface area contributed by atoms with Gasteiger partial charge in [-0.15, -0.1) is 5.10 Å². The molecule has 0 bridgehead atoms. The average molecular weight is 594 g/mol. The van der Waals surface area contributed by atoms with Crippen molar-refractivity contribution >= 4 is 17.9 Å². The van der Waals surface area contributed by atoms with E-state index in [0.29, 0.717) is 41.1 Å². The van der Waals surface area contributed by atoms with Gasteiger partial charge in [0.2, 0.25) is 17.4 Å². The maximum Gasteiger partial charge on any atom is 0.293 e. The SMILES string of the molecule is COc1cc(/C=N/NC(=O)c2nnn(-c3nonc3N)c2CN2CCCC[C@H]2C)cc(OC)c1OCc1ccc(F)cc1. The predicted molar refractivity (Wildman–Crippen MR) is 153 cm³/mol. The van der Waals surface area contributed by atoms with Crippen molar-refractivity contribution < 1.29 is 28.0 Å². The number of hydrogen-bond donors (Lipinski definition) is 2. The van der Waals surface area contributed by atoms with Gasteiger partial charge in [0.05, 0.1) is 26.1 Å². The van der Waals surface area contributed by atoms with Crippen molar-refractivity contribution in [1.82, 2.24) is 35.6 Å². The van der Waals surface area contributed by atoms with Gasteiger partial charge < -0.3 is 19.9 Å². The van der Waals surface area contributed by atoms with Crippen LogP contribution in [0.2, 0.25) is 0 Å². The smallest absolute Gasteiger partial charge is 0.293 e. The Morgan fingerprint density at radius 3 is 2.58 bits per heavy atom. The molecule has 3 heterocycles. The van der Waals surface area contributed by atoms with Gasteiger partial charge in [0.25, 0.3) is 5.91 Å². The minimum Gasteiger partial charge on any atom is -0.493 e. The summed E-state index contributed by atoms with van der Waals surface area (Å²) < 4.78 is 36.3. The molecule has 15 heteroatoms. The standard InChI is InChI=1S/C28H32FN9O5/c1-17-6-4-5-11-37(17)15-21-24(32-36-38(21)27-26(30)34-43-35-27)28(39)33-31-14-19-12-22(40-2)25(23(13-19)41-3)42-16-18-7-9-20(29)10-8-18/h7-10,12-14,17H,4-6,11,15-16H2,1-3H3,(H2,30,34)(H,33,39)/b31-14+/t17-/m1/s1. The first kappa shape index (κ1) is 29.4. The Labute approximate surface area is 246 Å². The van der Waals surface area contributed by atoms with Crippen molar-refractivity contribution in [3.8, 4) is 23.1 Å². The highest BCUT2D eigenvalue weighted by Gasteiger charge is 2.28. The molecule has 4 aromatic rings. The monoisotopic (exact) mass is 593 g/mol. The zero-order chi connectivity index (χ0) is 30.3.